The first-order valence-electron chi connectivity index (χ1n) is 8.58. The Morgan fingerprint density at radius 1 is 1.16 bits per heavy atom. The van der Waals surface area contributed by atoms with Gasteiger partial charge in [0.05, 0.1) is 13.1 Å². The van der Waals surface area contributed by atoms with E-state index in [4.69, 9.17) is 13.9 Å². The number of aryl methyl sites for hydroxylation is 1. The first kappa shape index (κ1) is 17.4. The van der Waals surface area contributed by atoms with E-state index < -0.39 is 0 Å². The smallest absolute Gasteiger partial charge is 0.237 e. The molecule has 0 aliphatic carbocycles. The van der Waals surface area contributed by atoms with Crippen LogP contribution in [-0.2, 0) is 17.9 Å². The van der Waals surface area contributed by atoms with Crippen molar-refractivity contribution in [3.63, 3.8) is 0 Å². The SMILES string of the molecule is CCCNCC(=O)N(Cc1ccc2c(c1)OCO2)Cc1ccc(C)o1. The summed E-state index contributed by atoms with van der Waals surface area (Å²) in [5.41, 5.74) is 0.997. The molecule has 0 fully saturated rings. The van der Waals surface area contributed by atoms with Crippen molar-refractivity contribution >= 4 is 5.91 Å². The zero-order valence-electron chi connectivity index (χ0n) is 14.7. The van der Waals surface area contributed by atoms with Crippen LogP contribution in [0, 0.1) is 6.92 Å². The molecule has 1 N–H and O–H groups in total. The molecule has 0 saturated carbocycles. The number of furan rings is 1. The van der Waals surface area contributed by atoms with Crippen molar-refractivity contribution in [2.24, 2.45) is 0 Å². The second-order valence-electron chi connectivity index (χ2n) is 6.13. The number of benzene rings is 1. The predicted octanol–water partition coefficient (Wildman–Crippen LogP) is 2.85. The van der Waals surface area contributed by atoms with Gasteiger partial charge < -0.3 is 24.1 Å². The van der Waals surface area contributed by atoms with Gasteiger partial charge in [-0.1, -0.05) is 13.0 Å². The Kier molecular flexibility index (Phi) is 5.60. The summed E-state index contributed by atoms with van der Waals surface area (Å²) in [7, 11) is 0. The molecule has 2 aromatic rings. The molecule has 0 bridgehead atoms. The number of carbonyl (C=O) groups excluding carboxylic acids is 1. The van der Waals surface area contributed by atoms with Crippen LogP contribution < -0.4 is 14.8 Å². The normalized spacial score (nSPS) is 12.4. The maximum Gasteiger partial charge on any atom is 0.237 e. The van der Waals surface area contributed by atoms with Gasteiger partial charge in [0.2, 0.25) is 12.7 Å². The van der Waals surface area contributed by atoms with Crippen molar-refractivity contribution in [1.29, 1.82) is 0 Å². The van der Waals surface area contributed by atoms with Gasteiger partial charge in [0.25, 0.3) is 0 Å². The van der Waals surface area contributed by atoms with E-state index in [1.165, 1.54) is 0 Å². The van der Waals surface area contributed by atoms with E-state index >= 15 is 0 Å². The summed E-state index contributed by atoms with van der Waals surface area (Å²) in [4.78, 5) is 14.4. The minimum Gasteiger partial charge on any atom is -0.464 e. The minimum absolute atomic E-state index is 0.0418. The van der Waals surface area contributed by atoms with Crippen LogP contribution >= 0.6 is 0 Å². The first-order valence-corrected chi connectivity index (χ1v) is 8.58. The summed E-state index contributed by atoms with van der Waals surface area (Å²) in [5.74, 6) is 3.13. The average molecular weight is 344 g/mol. The number of nitrogens with zero attached hydrogens (tertiary/aromatic N) is 1. The Bertz CT molecular complexity index is 726. The third kappa shape index (κ3) is 4.54. The summed E-state index contributed by atoms with van der Waals surface area (Å²) in [6.45, 7) is 6.29. The lowest BCUT2D eigenvalue weighted by Gasteiger charge is -2.22. The molecule has 25 heavy (non-hydrogen) atoms. The number of hydrogen-bond donors (Lipinski definition) is 1. The molecule has 3 rings (SSSR count). The summed E-state index contributed by atoms with van der Waals surface area (Å²) < 4.78 is 16.4. The molecule has 1 aliphatic rings. The number of carbonyl (C=O) groups is 1. The maximum absolute atomic E-state index is 12.6. The number of hydrogen-bond acceptors (Lipinski definition) is 5. The Morgan fingerprint density at radius 3 is 2.76 bits per heavy atom. The second-order valence-corrected chi connectivity index (χ2v) is 6.13. The van der Waals surface area contributed by atoms with Crippen LogP contribution in [0.5, 0.6) is 11.5 Å². The van der Waals surface area contributed by atoms with E-state index in [2.05, 4.69) is 12.2 Å². The van der Waals surface area contributed by atoms with Crippen LogP contribution in [0.3, 0.4) is 0 Å². The van der Waals surface area contributed by atoms with Gasteiger partial charge in [-0.25, -0.2) is 0 Å². The summed E-state index contributed by atoms with van der Waals surface area (Å²) in [6, 6.07) is 9.59. The number of amides is 1. The highest BCUT2D eigenvalue weighted by atomic mass is 16.7. The fourth-order valence-electron chi connectivity index (χ4n) is 2.73. The van der Waals surface area contributed by atoms with E-state index in [9.17, 15) is 4.79 Å². The third-order valence-corrected chi connectivity index (χ3v) is 4.01. The first-order chi connectivity index (χ1) is 12.2. The fourth-order valence-corrected chi connectivity index (χ4v) is 2.73. The summed E-state index contributed by atoms with van der Waals surface area (Å²) >= 11 is 0. The zero-order chi connectivity index (χ0) is 17.6. The molecule has 1 amide bonds. The van der Waals surface area contributed by atoms with Gasteiger partial charge in [0, 0.05) is 6.54 Å². The standard InChI is InChI=1S/C19H24N2O4/c1-3-8-20-10-19(22)21(12-16-6-4-14(2)25-16)11-15-5-7-17-18(9-15)24-13-23-17/h4-7,9,20H,3,8,10-13H2,1-2H3. The van der Waals surface area contributed by atoms with Crippen LogP contribution in [0.15, 0.2) is 34.7 Å². The van der Waals surface area contributed by atoms with Crippen LogP contribution in [0.4, 0.5) is 0 Å². The molecule has 6 heteroatoms. The highest BCUT2D eigenvalue weighted by Crippen LogP contribution is 2.32. The Morgan fingerprint density at radius 2 is 2.00 bits per heavy atom. The van der Waals surface area contributed by atoms with E-state index in [0.717, 1.165) is 41.5 Å². The van der Waals surface area contributed by atoms with Crippen LogP contribution in [0.1, 0.15) is 30.4 Å². The lowest BCUT2D eigenvalue weighted by molar-refractivity contribution is -0.131. The number of ether oxygens (including phenoxy) is 2. The Hall–Kier alpha value is -2.47. The monoisotopic (exact) mass is 344 g/mol. The topological polar surface area (TPSA) is 63.9 Å². The lowest BCUT2D eigenvalue weighted by atomic mass is 10.2. The molecule has 1 aromatic heterocycles. The van der Waals surface area contributed by atoms with Crippen molar-refractivity contribution in [2.45, 2.75) is 33.4 Å². The van der Waals surface area contributed by atoms with Crippen LogP contribution in [0.25, 0.3) is 0 Å². The molecule has 0 unspecified atom stereocenters. The van der Waals surface area contributed by atoms with Gasteiger partial charge in [-0.15, -0.1) is 0 Å². The zero-order valence-corrected chi connectivity index (χ0v) is 14.7. The molecule has 1 aromatic carbocycles. The van der Waals surface area contributed by atoms with E-state index in [-0.39, 0.29) is 12.7 Å². The molecular formula is C19H24N2O4. The van der Waals surface area contributed by atoms with E-state index in [1.807, 2.05) is 37.3 Å². The number of fused-ring (bicyclic) bond motifs is 1. The molecule has 0 atom stereocenters. The molecule has 0 spiro atoms. The van der Waals surface area contributed by atoms with Crippen molar-refractivity contribution in [3.8, 4) is 11.5 Å². The fraction of sp³-hybridized carbons (Fsp3) is 0.421. The molecule has 1 aliphatic heterocycles. The van der Waals surface area contributed by atoms with Gasteiger partial charge in [-0.3, -0.25) is 4.79 Å². The quantitative estimate of drug-likeness (QED) is 0.746. The minimum atomic E-state index is 0.0418. The molecule has 2 heterocycles. The summed E-state index contributed by atoms with van der Waals surface area (Å²) in [5, 5.41) is 3.17. The van der Waals surface area contributed by atoms with Crippen molar-refractivity contribution < 1.29 is 18.7 Å². The number of rotatable bonds is 8. The maximum atomic E-state index is 12.6. The molecule has 0 radical (unpaired) electrons. The Balaban J connectivity index is 1.71. The third-order valence-electron chi connectivity index (χ3n) is 4.01. The molecule has 6 nitrogen and oxygen atoms in total. The largest absolute Gasteiger partial charge is 0.464 e. The predicted molar refractivity (Wildman–Crippen MR) is 93.4 cm³/mol. The highest BCUT2D eigenvalue weighted by Gasteiger charge is 2.18. The molecule has 0 saturated heterocycles. The summed E-state index contributed by atoms with van der Waals surface area (Å²) in [6.07, 6.45) is 0.993. The van der Waals surface area contributed by atoms with Gasteiger partial charge in [-0.2, -0.15) is 0 Å². The molecule has 134 valence electrons. The van der Waals surface area contributed by atoms with Gasteiger partial charge >= 0.3 is 0 Å². The van der Waals surface area contributed by atoms with Gasteiger partial charge in [0.15, 0.2) is 11.5 Å². The van der Waals surface area contributed by atoms with Crippen molar-refractivity contribution in [1.82, 2.24) is 10.2 Å². The Labute approximate surface area is 147 Å². The van der Waals surface area contributed by atoms with Crippen molar-refractivity contribution in [3.05, 3.63) is 47.4 Å². The van der Waals surface area contributed by atoms with Crippen LogP contribution in [-0.4, -0.2) is 30.7 Å². The highest BCUT2D eigenvalue weighted by molar-refractivity contribution is 5.78. The van der Waals surface area contributed by atoms with Crippen LogP contribution in [0.2, 0.25) is 0 Å². The lowest BCUT2D eigenvalue weighted by Crippen LogP contribution is -2.37. The van der Waals surface area contributed by atoms with Gasteiger partial charge in [-0.05, 0) is 49.7 Å². The van der Waals surface area contributed by atoms with Crippen molar-refractivity contribution in [2.75, 3.05) is 19.9 Å². The second kappa shape index (κ2) is 8.07. The van der Waals surface area contributed by atoms with Gasteiger partial charge in [0.1, 0.15) is 11.5 Å². The van der Waals surface area contributed by atoms with E-state index in [1.54, 1.807) is 4.90 Å². The molecular weight excluding hydrogens is 320 g/mol. The average Bonchev–Trinajstić information content (AvgIpc) is 3.22. The number of nitrogens with one attached hydrogen (secondary N) is 1. The van der Waals surface area contributed by atoms with E-state index in [0.29, 0.717) is 19.6 Å².